The smallest absolute Gasteiger partial charge is 0.237 e. The fourth-order valence-corrected chi connectivity index (χ4v) is 6.14. The highest BCUT2D eigenvalue weighted by molar-refractivity contribution is 5.85. The largest absolute Gasteiger partial charge is 0.352 e. The average Bonchev–Trinajstić information content (AvgIpc) is 3.20. The second kappa shape index (κ2) is 11.3. The molecule has 0 aromatic heterocycles. The minimum Gasteiger partial charge on any atom is -0.352 e. The molecule has 2 bridgehead atoms. The Morgan fingerprint density at radius 2 is 1.47 bits per heavy atom. The summed E-state index contributed by atoms with van der Waals surface area (Å²) in [6, 6.07) is 0.578. The first kappa shape index (κ1) is 25.7. The number of carbonyl (C=O) groups is 2. The minimum atomic E-state index is -0.107. The van der Waals surface area contributed by atoms with E-state index >= 15 is 0 Å². The van der Waals surface area contributed by atoms with Crippen LogP contribution in [0, 0.1) is 17.8 Å². The predicted octanol–water partition coefficient (Wildman–Crippen LogP) is 2.58. The summed E-state index contributed by atoms with van der Waals surface area (Å²) in [5.41, 5.74) is 6.39. The summed E-state index contributed by atoms with van der Waals surface area (Å²) < 4.78 is 0. The van der Waals surface area contributed by atoms with Crippen molar-refractivity contribution in [1.29, 1.82) is 0 Å². The summed E-state index contributed by atoms with van der Waals surface area (Å²) in [6.07, 6.45) is 10.3. The molecule has 174 valence electrons. The highest BCUT2D eigenvalue weighted by Gasteiger charge is 2.42. The quantitative estimate of drug-likeness (QED) is 0.672. The van der Waals surface area contributed by atoms with Crippen molar-refractivity contribution in [3.8, 4) is 0 Å². The Morgan fingerprint density at radius 3 is 2.03 bits per heavy atom. The van der Waals surface area contributed by atoms with Crippen LogP contribution in [-0.2, 0) is 9.59 Å². The first-order valence-corrected chi connectivity index (χ1v) is 11.6. The van der Waals surface area contributed by atoms with Crippen LogP contribution in [0.25, 0.3) is 0 Å². The van der Waals surface area contributed by atoms with E-state index < -0.39 is 0 Å². The lowest BCUT2D eigenvalue weighted by Gasteiger charge is -2.45. The lowest BCUT2D eigenvalue weighted by atomic mass is 9.65. The number of amides is 2. The van der Waals surface area contributed by atoms with Crippen LogP contribution < -0.4 is 11.1 Å². The van der Waals surface area contributed by atoms with Crippen LogP contribution in [0.5, 0.6) is 0 Å². The molecule has 3 saturated carbocycles. The number of halogens is 2. The molecule has 3 aliphatic carbocycles. The number of nitrogens with one attached hydrogen (secondary N) is 1. The summed E-state index contributed by atoms with van der Waals surface area (Å²) in [7, 11) is 0. The van der Waals surface area contributed by atoms with E-state index in [0.717, 1.165) is 51.9 Å². The predicted molar refractivity (Wildman–Crippen MR) is 124 cm³/mol. The number of nitrogens with two attached hydrogens (primary N) is 1. The Balaban J connectivity index is 0.00000160. The Hall–Kier alpha value is -0.560. The van der Waals surface area contributed by atoms with Crippen LogP contribution in [0.3, 0.4) is 0 Å². The average molecular weight is 463 g/mol. The molecule has 0 aromatic carbocycles. The van der Waals surface area contributed by atoms with Gasteiger partial charge in [-0.2, -0.15) is 0 Å². The number of carbonyl (C=O) groups excluding carboxylic acids is 2. The van der Waals surface area contributed by atoms with E-state index in [9.17, 15) is 9.59 Å². The van der Waals surface area contributed by atoms with Gasteiger partial charge in [0.15, 0.2) is 0 Å². The van der Waals surface area contributed by atoms with E-state index in [1.54, 1.807) is 0 Å². The Morgan fingerprint density at radius 1 is 0.900 bits per heavy atom. The molecule has 4 rings (SSSR count). The first-order valence-electron chi connectivity index (χ1n) is 11.6. The molecule has 3 unspecified atom stereocenters. The Kier molecular flexibility index (Phi) is 9.72. The lowest BCUT2D eigenvalue weighted by Crippen LogP contribution is -2.57. The number of piperazine rings is 1. The third-order valence-corrected chi connectivity index (χ3v) is 8.02. The van der Waals surface area contributed by atoms with Crippen LogP contribution in [0.1, 0.15) is 64.7 Å². The van der Waals surface area contributed by atoms with E-state index in [1.807, 2.05) is 6.92 Å². The van der Waals surface area contributed by atoms with Crippen molar-refractivity contribution in [3.05, 3.63) is 0 Å². The van der Waals surface area contributed by atoms with Crippen LogP contribution in [-0.4, -0.2) is 65.9 Å². The molecule has 0 radical (unpaired) electrons. The van der Waals surface area contributed by atoms with Gasteiger partial charge in [-0.3, -0.25) is 14.5 Å². The molecular weight excluding hydrogens is 423 g/mol. The molecule has 0 spiro atoms. The van der Waals surface area contributed by atoms with E-state index in [2.05, 4.69) is 15.1 Å². The zero-order valence-corrected chi connectivity index (χ0v) is 19.9. The zero-order chi connectivity index (χ0) is 19.7. The van der Waals surface area contributed by atoms with Crippen molar-refractivity contribution in [1.82, 2.24) is 15.1 Å². The summed E-state index contributed by atoms with van der Waals surface area (Å²) in [6.45, 7) is 5.09. The fourth-order valence-electron chi connectivity index (χ4n) is 6.14. The standard InChI is InChI=1S/C22H38N4O2.2ClH/c1-15(21(27)24-19-7-2-3-8-19)25-9-11-26(12-10-25)22(28)18-13-16-5-4-6-17(14-18)20(16)23;;/h15-20H,2-14,23H2,1H3,(H,24,27);2*1H. The second-order valence-corrected chi connectivity index (χ2v) is 9.72. The van der Waals surface area contributed by atoms with Crippen LogP contribution in [0.4, 0.5) is 0 Å². The minimum absolute atomic E-state index is 0. The van der Waals surface area contributed by atoms with E-state index in [-0.39, 0.29) is 42.7 Å². The van der Waals surface area contributed by atoms with Gasteiger partial charge in [0.25, 0.3) is 0 Å². The van der Waals surface area contributed by atoms with Crippen molar-refractivity contribution in [2.45, 2.75) is 82.8 Å². The number of hydrogen-bond acceptors (Lipinski definition) is 4. The Labute approximate surface area is 193 Å². The van der Waals surface area contributed by atoms with Gasteiger partial charge in [0.05, 0.1) is 6.04 Å². The van der Waals surface area contributed by atoms with Crippen molar-refractivity contribution in [3.63, 3.8) is 0 Å². The molecule has 1 aliphatic heterocycles. The van der Waals surface area contributed by atoms with Gasteiger partial charge in [-0.05, 0) is 57.3 Å². The molecule has 4 aliphatic rings. The summed E-state index contributed by atoms with van der Waals surface area (Å²) in [5.74, 6) is 1.75. The van der Waals surface area contributed by atoms with E-state index in [4.69, 9.17) is 5.73 Å². The maximum absolute atomic E-state index is 13.1. The molecule has 3 N–H and O–H groups in total. The number of hydrogen-bond donors (Lipinski definition) is 2. The molecule has 1 saturated heterocycles. The highest BCUT2D eigenvalue weighted by Crippen LogP contribution is 2.42. The van der Waals surface area contributed by atoms with Gasteiger partial charge < -0.3 is 16.0 Å². The molecule has 6 nitrogen and oxygen atoms in total. The number of rotatable bonds is 4. The summed E-state index contributed by atoms with van der Waals surface area (Å²) >= 11 is 0. The molecule has 30 heavy (non-hydrogen) atoms. The topological polar surface area (TPSA) is 78.7 Å². The maximum atomic E-state index is 13.1. The van der Waals surface area contributed by atoms with Gasteiger partial charge in [-0.25, -0.2) is 0 Å². The number of fused-ring (bicyclic) bond motifs is 2. The summed E-state index contributed by atoms with van der Waals surface area (Å²) in [5, 5.41) is 3.22. The van der Waals surface area contributed by atoms with Crippen molar-refractivity contribution in [2.24, 2.45) is 23.5 Å². The van der Waals surface area contributed by atoms with Crippen LogP contribution >= 0.6 is 24.8 Å². The van der Waals surface area contributed by atoms with Gasteiger partial charge in [-0.1, -0.05) is 19.3 Å². The first-order chi connectivity index (χ1) is 13.5. The van der Waals surface area contributed by atoms with E-state index in [0.29, 0.717) is 29.8 Å². The van der Waals surface area contributed by atoms with Gasteiger partial charge in [0.2, 0.25) is 11.8 Å². The molecule has 3 atom stereocenters. The lowest BCUT2D eigenvalue weighted by molar-refractivity contribution is -0.141. The van der Waals surface area contributed by atoms with Gasteiger partial charge in [0.1, 0.15) is 0 Å². The van der Waals surface area contributed by atoms with Gasteiger partial charge in [0, 0.05) is 44.2 Å². The van der Waals surface area contributed by atoms with Gasteiger partial charge >= 0.3 is 0 Å². The van der Waals surface area contributed by atoms with E-state index in [1.165, 1.54) is 32.1 Å². The highest BCUT2D eigenvalue weighted by atomic mass is 35.5. The van der Waals surface area contributed by atoms with Crippen LogP contribution in [0.15, 0.2) is 0 Å². The van der Waals surface area contributed by atoms with Crippen LogP contribution in [0.2, 0.25) is 0 Å². The third-order valence-electron chi connectivity index (χ3n) is 8.02. The van der Waals surface area contributed by atoms with Crippen molar-refractivity contribution < 1.29 is 9.59 Å². The van der Waals surface area contributed by atoms with Crippen molar-refractivity contribution in [2.75, 3.05) is 26.2 Å². The molecule has 2 amide bonds. The fraction of sp³-hybridized carbons (Fsp3) is 0.909. The Bertz CT molecular complexity index is 565. The van der Waals surface area contributed by atoms with Crippen molar-refractivity contribution >= 4 is 36.6 Å². The molecule has 8 heteroatoms. The summed E-state index contributed by atoms with van der Waals surface area (Å²) in [4.78, 5) is 30.0. The molecule has 4 fully saturated rings. The third kappa shape index (κ3) is 5.62. The molecular formula is C22H40Cl2N4O2. The SMILES string of the molecule is CC(C(=O)NC1CCCC1)N1CCN(C(=O)C2CC3CCCC(C2)C3N)CC1.Cl.Cl. The molecule has 1 heterocycles. The second-order valence-electron chi connectivity index (χ2n) is 9.72. The monoisotopic (exact) mass is 462 g/mol. The van der Waals surface area contributed by atoms with Gasteiger partial charge in [-0.15, -0.1) is 24.8 Å². The normalized spacial score (nSPS) is 33.2. The zero-order valence-electron chi connectivity index (χ0n) is 18.3. The number of nitrogens with zero attached hydrogens (tertiary/aromatic N) is 2. The maximum Gasteiger partial charge on any atom is 0.237 e. The molecule has 0 aromatic rings.